The molecule has 0 amide bonds. The Bertz CT molecular complexity index is 424. The predicted molar refractivity (Wildman–Crippen MR) is 66.8 cm³/mol. The average Bonchev–Trinajstić information content (AvgIpc) is 2.36. The highest BCUT2D eigenvalue weighted by molar-refractivity contribution is 5.56. The Kier molecular flexibility index (Phi) is 4.88. The van der Waals surface area contributed by atoms with Crippen LogP contribution < -0.4 is 20.1 Å². The molecule has 0 fully saturated rings. The maximum atomic E-state index is 12.8. The normalized spacial score (nSPS) is 13.0. The van der Waals surface area contributed by atoms with Crippen LogP contribution in [0.5, 0.6) is 11.5 Å². The highest BCUT2D eigenvalue weighted by Crippen LogP contribution is 2.34. The van der Waals surface area contributed by atoms with Crippen molar-refractivity contribution in [3.05, 3.63) is 18.2 Å². The van der Waals surface area contributed by atoms with Gasteiger partial charge in [-0.25, -0.2) is 0 Å². The number of likely N-dealkylation sites (N-methyl/N-ethyl adjacent to an activating group) is 1. The Labute approximate surface area is 109 Å². The van der Waals surface area contributed by atoms with Crippen LogP contribution in [0.2, 0.25) is 0 Å². The summed E-state index contributed by atoms with van der Waals surface area (Å²) in [5.41, 5.74) is 5.56. The minimum Gasteiger partial charge on any atom is -0.493 e. The van der Waals surface area contributed by atoms with Gasteiger partial charge in [-0.3, -0.25) is 0 Å². The maximum absolute atomic E-state index is 12.8. The molecule has 0 heterocycles. The number of alkyl halides is 3. The number of rotatable bonds is 5. The summed E-state index contributed by atoms with van der Waals surface area (Å²) in [6.45, 7) is -0.519. The SMILES string of the molecule is COc1ccc(N(C)C(CN)C(F)(F)F)cc1OC. The molecule has 1 rings (SSSR count). The number of hydrogen-bond donors (Lipinski definition) is 1. The molecule has 108 valence electrons. The number of anilines is 1. The van der Waals surface area contributed by atoms with E-state index >= 15 is 0 Å². The van der Waals surface area contributed by atoms with Gasteiger partial charge in [-0.15, -0.1) is 0 Å². The van der Waals surface area contributed by atoms with Crippen LogP contribution in [0.25, 0.3) is 0 Å². The van der Waals surface area contributed by atoms with Crippen LogP contribution in [0.4, 0.5) is 18.9 Å². The quantitative estimate of drug-likeness (QED) is 0.895. The molecule has 0 aliphatic heterocycles. The van der Waals surface area contributed by atoms with Gasteiger partial charge in [0.25, 0.3) is 0 Å². The Balaban J connectivity index is 3.08. The van der Waals surface area contributed by atoms with E-state index in [9.17, 15) is 13.2 Å². The second kappa shape index (κ2) is 6.01. The monoisotopic (exact) mass is 278 g/mol. The van der Waals surface area contributed by atoms with Gasteiger partial charge in [0.1, 0.15) is 6.04 Å². The molecule has 4 nitrogen and oxygen atoms in total. The zero-order valence-corrected chi connectivity index (χ0v) is 11.0. The lowest BCUT2D eigenvalue weighted by atomic mass is 10.2. The molecule has 1 aromatic rings. The number of methoxy groups -OCH3 is 2. The van der Waals surface area contributed by atoms with E-state index in [-0.39, 0.29) is 0 Å². The summed E-state index contributed by atoms with van der Waals surface area (Å²) in [7, 11) is 4.22. The first-order chi connectivity index (χ1) is 8.85. The molecule has 0 bridgehead atoms. The van der Waals surface area contributed by atoms with Crippen LogP contribution in [0.1, 0.15) is 0 Å². The molecular weight excluding hydrogens is 261 g/mol. The third kappa shape index (κ3) is 3.44. The van der Waals surface area contributed by atoms with E-state index < -0.39 is 18.8 Å². The van der Waals surface area contributed by atoms with Gasteiger partial charge in [0, 0.05) is 25.3 Å². The van der Waals surface area contributed by atoms with Crippen molar-refractivity contribution in [3.8, 4) is 11.5 Å². The van der Waals surface area contributed by atoms with Crippen LogP contribution in [-0.4, -0.2) is 40.0 Å². The molecule has 1 atom stereocenters. The summed E-state index contributed by atoms with van der Waals surface area (Å²) in [6.07, 6.45) is -4.39. The third-order valence-corrected chi connectivity index (χ3v) is 2.84. The van der Waals surface area contributed by atoms with Crippen LogP contribution >= 0.6 is 0 Å². The van der Waals surface area contributed by atoms with Gasteiger partial charge in [-0.05, 0) is 12.1 Å². The Morgan fingerprint density at radius 1 is 1.21 bits per heavy atom. The number of ether oxygens (including phenoxy) is 2. The summed E-state index contributed by atoms with van der Waals surface area (Å²) in [6, 6.07) is 2.81. The summed E-state index contributed by atoms with van der Waals surface area (Å²) in [5.74, 6) is 0.820. The lowest BCUT2D eigenvalue weighted by Gasteiger charge is -2.31. The molecule has 0 saturated carbocycles. The molecule has 1 aromatic carbocycles. The zero-order valence-electron chi connectivity index (χ0n) is 11.0. The van der Waals surface area contributed by atoms with E-state index in [1.165, 1.54) is 33.4 Å². The fourth-order valence-electron chi connectivity index (χ4n) is 1.74. The van der Waals surface area contributed by atoms with Crippen LogP contribution in [0, 0.1) is 0 Å². The Hall–Kier alpha value is -1.63. The van der Waals surface area contributed by atoms with E-state index in [0.29, 0.717) is 17.2 Å². The van der Waals surface area contributed by atoms with E-state index in [4.69, 9.17) is 15.2 Å². The predicted octanol–water partition coefficient (Wildman–Crippen LogP) is 2.03. The molecule has 7 heteroatoms. The van der Waals surface area contributed by atoms with Crippen LogP contribution in [0.15, 0.2) is 18.2 Å². The van der Waals surface area contributed by atoms with E-state index in [1.807, 2.05) is 0 Å². The van der Waals surface area contributed by atoms with E-state index in [0.717, 1.165) is 4.90 Å². The molecular formula is C12H17F3N2O2. The summed E-state index contributed by atoms with van der Waals surface area (Å²) >= 11 is 0. The highest BCUT2D eigenvalue weighted by atomic mass is 19.4. The molecule has 0 aromatic heterocycles. The molecule has 2 N–H and O–H groups in total. The fraction of sp³-hybridized carbons (Fsp3) is 0.500. The first-order valence-electron chi connectivity index (χ1n) is 5.56. The minimum atomic E-state index is -4.39. The van der Waals surface area contributed by atoms with Crippen LogP contribution in [-0.2, 0) is 0 Å². The molecule has 0 spiro atoms. The smallest absolute Gasteiger partial charge is 0.409 e. The Morgan fingerprint density at radius 2 is 1.79 bits per heavy atom. The van der Waals surface area contributed by atoms with Crippen molar-refractivity contribution < 1.29 is 22.6 Å². The summed E-state index contributed by atoms with van der Waals surface area (Å²) < 4.78 is 48.5. The number of hydrogen-bond acceptors (Lipinski definition) is 4. The van der Waals surface area contributed by atoms with Crippen molar-refractivity contribution in [1.82, 2.24) is 0 Å². The van der Waals surface area contributed by atoms with Crippen molar-refractivity contribution in [2.45, 2.75) is 12.2 Å². The standard InChI is InChI=1S/C12H17F3N2O2/c1-17(11(7-16)12(13,14)15)8-4-5-9(18-2)10(6-8)19-3/h4-6,11H,7,16H2,1-3H3. The number of halogens is 3. The van der Waals surface area contributed by atoms with E-state index in [2.05, 4.69) is 0 Å². The second-order valence-corrected chi connectivity index (χ2v) is 3.94. The van der Waals surface area contributed by atoms with E-state index in [1.54, 1.807) is 6.07 Å². The lowest BCUT2D eigenvalue weighted by Crippen LogP contribution is -2.48. The van der Waals surface area contributed by atoms with Gasteiger partial charge in [-0.1, -0.05) is 0 Å². The van der Waals surface area contributed by atoms with Gasteiger partial charge in [0.2, 0.25) is 0 Å². The largest absolute Gasteiger partial charge is 0.493 e. The highest BCUT2D eigenvalue weighted by Gasteiger charge is 2.41. The van der Waals surface area contributed by atoms with Crippen molar-refractivity contribution in [2.75, 3.05) is 32.7 Å². The number of nitrogens with zero attached hydrogens (tertiary/aromatic N) is 1. The lowest BCUT2D eigenvalue weighted by molar-refractivity contribution is -0.145. The number of benzene rings is 1. The average molecular weight is 278 g/mol. The van der Waals surface area contributed by atoms with Crippen LogP contribution in [0.3, 0.4) is 0 Å². The Morgan fingerprint density at radius 3 is 2.21 bits per heavy atom. The summed E-state index contributed by atoms with van der Waals surface area (Å²) in [5, 5.41) is 0. The molecule has 0 radical (unpaired) electrons. The van der Waals surface area contributed by atoms with Gasteiger partial charge in [0.15, 0.2) is 11.5 Å². The van der Waals surface area contributed by atoms with Crippen molar-refractivity contribution in [2.24, 2.45) is 5.73 Å². The maximum Gasteiger partial charge on any atom is 0.409 e. The third-order valence-electron chi connectivity index (χ3n) is 2.84. The molecule has 0 aliphatic carbocycles. The summed E-state index contributed by atoms with van der Waals surface area (Å²) in [4.78, 5) is 1.07. The number of nitrogens with two attached hydrogens (primary N) is 1. The zero-order chi connectivity index (χ0) is 14.6. The fourth-order valence-corrected chi connectivity index (χ4v) is 1.74. The second-order valence-electron chi connectivity index (χ2n) is 3.94. The first-order valence-corrected chi connectivity index (χ1v) is 5.56. The molecule has 19 heavy (non-hydrogen) atoms. The van der Waals surface area contributed by atoms with Gasteiger partial charge in [0.05, 0.1) is 14.2 Å². The molecule has 0 aliphatic rings. The molecule has 0 saturated heterocycles. The molecule has 1 unspecified atom stereocenters. The van der Waals surface area contributed by atoms with Crippen molar-refractivity contribution in [1.29, 1.82) is 0 Å². The van der Waals surface area contributed by atoms with Gasteiger partial charge >= 0.3 is 6.18 Å². The van der Waals surface area contributed by atoms with Gasteiger partial charge < -0.3 is 20.1 Å². The van der Waals surface area contributed by atoms with Crippen molar-refractivity contribution in [3.63, 3.8) is 0 Å². The van der Waals surface area contributed by atoms with Gasteiger partial charge in [-0.2, -0.15) is 13.2 Å². The minimum absolute atomic E-state index is 0.352. The first kappa shape index (κ1) is 15.4. The topological polar surface area (TPSA) is 47.7 Å². The van der Waals surface area contributed by atoms with Crippen molar-refractivity contribution >= 4 is 5.69 Å².